The van der Waals surface area contributed by atoms with Crippen LogP contribution in [0.5, 0.6) is 0 Å². The lowest BCUT2D eigenvalue weighted by Crippen LogP contribution is -2.06. The molecule has 2 rings (SSSR count). The maximum Gasteiger partial charge on any atom is -0.00424 e. The van der Waals surface area contributed by atoms with Crippen molar-refractivity contribution >= 4 is 5.57 Å². The summed E-state index contributed by atoms with van der Waals surface area (Å²) in [5.74, 6) is 0.705. The highest BCUT2D eigenvalue weighted by molar-refractivity contribution is 5.70. The molecule has 0 aromatic heterocycles. The summed E-state index contributed by atoms with van der Waals surface area (Å²) in [5, 5.41) is 0. The number of rotatable bonds is 2. The molecule has 1 heteroatoms. The van der Waals surface area contributed by atoms with E-state index in [1.165, 1.54) is 29.5 Å². The molecule has 1 unspecified atom stereocenters. The zero-order valence-electron chi connectivity index (χ0n) is 9.37. The third-order valence-electron chi connectivity index (χ3n) is 3.24. The maximum atomic E-state index is 5.55. The van der Waals surface area contributed by atoms with Crippen LogP contribution in [-0.4, -0.2) is 6.54 Å². The Kier molecular flexibility index (Phi) is 3.22. The molecule has 80 valence electrons. The van der Waals surface area contributed by atoms with Crippen molar-refractivity contribution in [3.8, 4) is 0 Å². The van der Waals surface area contributed by atoms with Crippen LogP contribution >= 0.6 is 0 Å². The highest BCUT2D eigenvalue weighted by atomic mass is 14.5. The predicted octanol–water partition coefficient (Wildman–Crippen LogP) is 3.32. The number of hydrogen-bond acceptors (Lipinski definition) is 1. The Bertz CT molecular complexity index is 365. The molecule has 0 bridgehead atoms. The lowest BCUT2D eigenvalue weighted by Gasteiger charge is -2.24. The van der Waals surface area contributed by atoms with Crippen molar-refractivity contribution < 1.29 is 0 Å². The molecule has 0 fully saturated rings. The molecule has 1 atom stereocenters. The highest BCUT2D eigenvalue weighted by Gasteiger charge is 2.18. The van der Waals surface area contributed by atoms with Gasteiger partial charge in [-0.2, -0.15) is 0 Å². The number of fused-ring (bicyclic) bond motifs is 1. The van der Waals surface area contributed by atoms with Gasteiger partial charge < -0.3 is 5.73 Å². The van der Waals surface area contributed by atoms with E-state index in [1.54, 1.807) is 0 Å². The average molecular weight is 201 g/mol. The zero-order valence-corrected chi connectivity index (χ0v) is 9.37. The molecule has 1 aromatic rings. The van der Waals surface area contributed by atoms with Gasteiger partial charge in [0.2, 0.25) is 0 Å². The van der Waals surface area contributed by atoms with Gasteiger partial charge in [0.05, 0.1) is 0 Å². The van der Waals surface area contributed by atoms with E-state index in [-0.39, 0.29) is 0 Å². The fourth-order valence-corrected chi connectivity index (χ4v) is 2.35. The molecule has 0 saturated carbocycles. The maximum absolute atomic E-state index is 5.55. The Balaban J connectivity index is 2.36. The van der Waals surface area contributed by atoms with Crippen molar-refractivity contribution in [1.82, 2.24) is 0 Å². The van der Waals surface area contributed by atoms with Gasteiger partial charge in [-0.15, -0.1) is 0 Å². The van der Waals surface area contributed by atoms with E-state index in [9.17, 15) is 0 Å². The van der Waals surface area contributed by atoms with Crippen molar-refractivity contribution in [2.45, 2.75) is 32.1 Å². The first kappa shape index (κ1) is 10.4. The van der Waals surface area contributed by atoms with Gasteiger partial charge in [-0.3, -0.25) is 0 Å². The predicted molar refractivity (Wildman–Crippen MR) is 65.7 cm³/mol. The van der Waals surface area contributed by atoms with Crippen LogP contribution in [0.2, 0.25) is 0 Å². The topological polar surface area (TPSA) is 26.0 Å². The Morgan fingerprint density at radius 2 is 2.20 bits per heavy atom. The highest BCUT2D eigenvalue weighted by Crippen LogP contribution is 2.37. The second-order valence-corrected chi connectivity index (χ2v) is 4.33. The zero-order chi connectivity index (χ0) is 10.7. The summed E-state index contributed by atoms with van der Waals surface area (Å²) in [6.45, 7) is 3.07. The minimum absolute atomic E-state index is 0.705. The summed E-state index contributed by atoms with van der Waals surface area (Å²) in [7, 11) is 0. The molecular weight excluding hydrogens is 182 g/mol. The fraction of sp³-hybridized carbons (Fsp3) is 0.429. The quantitative estimate of drug-likeness (QED) is 0.780. The third kappa shape index (κ3) is 2.13. The smallest absolute Gasteiger partial charge is 0.00424 e. The van der Waals surface area contributed by atoms with Gasteiger partial charge in [0.15, 0.2) is 0 Å². The summed E-state index contributed by atoms with van der Waals surface area (Å²) in [6, 6.07) is 8.77. The van der Waals surface area contributed by atoms with Crippen molar-refractivity contribution in [2.75, 3.05) is 6.54 Å². The molecule has 2 N–H and O–H groups in total. The van der Waals surface area contributed by atoms with Crippen LogP contribution in [0.4, 0.5) is 0 Å². The molecule has 0 aliphatic heterocycles. The van der Waals surface area contributed by atoms with Gasteiger partial charge in [-0.25, -0.2) is 0 Å². The fourth-order valence-electron chi connectivity index (χ4n) is 2.35. The van der Waals surface area contributed by atoms with Crippen molar-refractivity contribution in [1.29, 1.82) is 0 Å². The van der Waals surface area contributed by atoms with Gasteiger partial charge in [0.1, 0.15) is 0 Å². The van der Waals surface area contributed by atoms with Gasteiger partial charge in [0.25, 0.3) is 0 Å². The third-order valence-corrected chi connectivity index (χ3v) is 3.24. The van der Waals surface area contributed by atoms with Gasteiger partial charge >= 0.3 is 0 Å². The van der Waals surface area contributed by atoms with Crippen LogP contribution in [0.25, 0.3) is 5.57 Å². The summed E-state index contributed by atoms with van der Waals surface area (Å²) in [5.41, 5.74) is 10.00. The minimum atomic E-state index is 0.705. The molecule has 0 radical (unpaired) electrons. The number of nitrogens with two attached hydrogens (primary N) is 1. The van der Waals surface area contributed by atoms with E-state index < -0.39 is 0 Å². The molecule has 1 aliphatic carbocycles. The van der Waals surface area contributed by atoms with E-state index >= 15 is 0 Å². The molecule has 0 amide bonds. The Labute approximate surface area is 92.0 Å². The van der Waals surface area contributed by atoms with Crippen LogP contribution in [-0.2, 0) is 0 Å². The summed E-state index contributed by atoms with van der Waals surface area (Å²) in [4.78, 5) is 0. The van der Waals surface area contributed by atoms with Crippen LogP contribution < -0.4 is 5.73 Å². The standard InChI is InChI=1S/C14H19N/c1-11-8-9-12(5-4-10-15)14-7-3-2-6-13(11)14/h2-3,5-7,11H,4,8-10,15H2,1H3/b12-5-. The van der Waals surface area contributed by atoms with Gasteiger partial charge in [0, 0.05) is 0 Å². The molecule has 1 aromatic carbocycles. The van der Waals surface area contributed by atoms with E-state index in [2.05, 4.69) is 37.3 Å². The molecule has 0 spiro atoms. The Morgan fingerprint density at radius 1 is 1.40 bits per heavy atom. The normalized spacial score (nSPS) is 22.8. The second kappa shape index (κ2) is 4.63. The number of allylic oxidation sites excluding steroid dienone is 1. The SMILES string of the molecule is CC1CC/C(=C/CCN)c2ccccc21. The molecule has 0 heterocycles. The lowest BCUT2D eigenvalue weighted by atomic mass is 9.80. The first-order valence-corrected chi connectivity index (χ1v) is 5.81. The summed E-state index contributed by atoms with van der Waals surface area (Å²) in [6.07, 6.45) is 5.79. The van der Waals surface area contributed by atoms with Crippen LogP contribution in [0.15, 0.2) is 30.3 Å². The van der Waals surface area contributed by atoms with Crippen LogP contribution in [0.1, 0.15) is 43.2 Å². The molecule has 1 aliphatic rings. The van der Waals surface area contributed by atoms with Gasteiger partial charge in [-0.05, 0) is 48.4 Å². The minimum Gasteiger partial charge on any atom is -0.330 e. The van der Waals surface area contributed by atoms with Crippen LogP contribution in [0.3, 0.4) is 0 Å². The van der Waals surface area contributed by atoms with E-state index in [1.807, 2.05) is 0 Å². The monoisotopic (exact) mass is 201 g/mol. The van der Waals surface area contributed by atoms with Gasteiger partial charge in [-0.1, -0.05) is 37.3 Å². The van der Waals surface area contributed by atoms with E-state index in [4.69, 9.17) is 5.73 Å². The average Bonchev–Trinajstić information content (AvgIpc) is 2.29. The van der Waals surface area contributed by atoms with E-state index in [0.29, 0.717) is 5.92 Å². The molecule has 0 saturated heterocycles. The van der Waals surface area contributed by atoms with Crippen LogP contribution in [0, 0.1) is 0 Å². The largest absolute Gasteiger partial charge is 0.330 e. The molecular formula is C14H19N. The number of hydrogen-bond donors (Lipinski definition) is 1. The second-order valence-electron chi connectivity index (χ2n) is 4.33. The first-order valence-electron chi connectivity index (χ1n) is 5.81. The van der Waals surface area contributed by atoms with Crippen molar-refractivity contribution in [3.05, 3.63) is 41.5 Å². The lowest BCUT2D eigenvalue weighted by molar-refractivity contribution is 0.674. The summed E-state index contributed by atoms with van der Waals surface area (Å²) < 4.78 is 0. The molecule has 15 heavy (non-hydrogen) atoms. The molecule has 1 nitrogen and oxygen atoms in total. The van der Waals surface area contributed by atoms with Crippen molar-refractivity contribution in [3.63, 3.8) is 0 Å². The Hall–Kier alpha value is -1.08. The first-order chi connectivity index (χ1) is 7.33. The Morgan fingerprint density at radius 3 is 3.00 bits per heavy atom. The van der Waals surface area contributed by atoms with E-state index in [0.717, 1.165) is 13.0 Å². The number of benzene rings is 1. The summed E-state index contributed by atoms with van der Waals surface area (Å²) >= 11 is 0. The van der Waals surface area contributed by atoms with Crippen molar-refractivity contribution in [2.24, 2.45) is 5.73 Å².